The Balaban J connectivity index is 2.66. The quantitative estimate of drug-likeness (QED) is 0.355. The Bertz CT molecular complexity index is 151. The van der Waals surface area contributed by atoms with E-state index in [0.717, 1.165) is 0 Å². The molecule has 6 heteroatoms. The average Bonchev–Trinajstić information content (AvgIpc) is 2.15. The number of hydrogen-bond donors (Lipinski definition) is 4. The molecule has 1 aliphatic rings. The lowest BCUT2D eigenvalue weighted by atomic mass is 9.86. The predicted octanol–water partition coefficient (Wildman–Crippen LogP) is -2.62. The van der Waals surface area contributed by atoms with Crippen molar-refractivity contribution in [1.29, 1.82) is 0 Å². The van der Waals surface area contributed by atoms with Crippen molar-refractivity contribution in [3.8, 4) is 0 Å². The van der Waals surface area contributed by atoms with Gasteiger partial charge in [0.2, 0.25) is 0 Å². The van der Waals surface area contributed by atoms with Crippen LogP contribution in [-0.2, 0) is 4.74 Å². The Labute approximate surface area is 77.9 Å². The van der Waals surface area contributed by atoms with Crippen molar-refractivity contribution in [3.63, 3.8) is 0 Å². The van der Waals surface area contributed by atoms with Crippen molar-refractivity contribution in [1.82, 2.24) is 0 Å². The standard InChI is InChI=1S/C7H14BNO4/c8-1-3-6(11)5(9)7(12)4(2-10)13-3/h3-7,10-12H,1-2,9H2/t3-,4?,5-,6?,7+/m1/s1. The van der Waals surface area contributed by atoms with Gasteiger partial charge in [-0.2, -0.15) is 0 Å². The number of aliphatic hydroxyl groups is 3. The lowest BCUT2D eigenvalue weighted by molar-refractivity contribution is -0.182. The monoisotopic (exact) mass is 187 g/mol. The van der Waals surface area contributed by atoms with Gasteiger partial charge in [0.05, 0.1) is 32.7 Å². The van der Waals surface area contributed by atoms with Gasteiger partial charge in [-0.3, -0.25) is 0 Å². The van der Waals surface area contributed by atoms with Gasteiger partial charge in [-0.25, -0.2) is 0 Å². The number of hydrogen-bond acceptors (Lipinski definition) is 5. The van der Waals surface area contributed by atoms with E-state index in [1.54, 1.807) is 0 Å². The molecule has 0 aromatic carbocycles. The molecular weight excluding hydrogens is 173 g/mol. The lowest BCUT2D eigenvalue weighted by Gasteiger charge is -2.40. The molecule has 0 saturated carbocycles. The predicted molar refractivity (Wildman–Crippen MR) is 46.3 cm³/mol. The summed E-state index contributed by atoms with van der Waals surface area (Å²) in [7, 11) is 5.31. The van der Waals surface area contributed by atoms with E-state index in [-0.39, 0.29) is 12.9 Å². The van der Waals surface area contributed by atoms with Crippen LogP contribution >= 0.6 is 0 Å². The summed E-state index contributed by atoms with van der Waals surface area (Å²) < 4.78 is 5.12. The second-order valence-electron chi connectivity index (χ2n) is 3.19. The maximum atomic E-state index is 9.45. The first kappa shape index (κ1) is 10.9. The summed E-state index contributed by atoms with van der Waals surface area (Å²) in [5.41, 5.74) is 5.51. The molecule has 1 heterocycles. The highest BCUT2D eigenvalue weighted by atomic mass is 16.5. The largest absolute Gasteiger partial charge is 0.394 e. The Morgan fingerprint density at radius 2 is 1.77 bits per heavy atom. The third-order valence-corrected chi connectivity index (χ3v) is 2.31. The molecule has 1 saturated heterocycles. The molecule has 0 amide bonds. The van der Waals surface area contributed by atoms with Crippen molar-refractivity contribution in [2.24, 2.45) is 5.73 Å². The van der Waals surface area contributed by atoms with E-state index >= 15 is 0 Å². The molecular formula is C7H14BNO4. The van der Waals surface area contributed by atoms with Gasteiger partial charge in [-0.1, -0.05) is 6.32 Å². The van der Waals surface area contributed by atoms with Crippen molar-refractivity contribution in [2.75, 3.05) is 6.61 Å². The van der Waals surface area contributed by atoms with E-state index in [2.05, 4.69) is 0 Å². The normalized spacial score (nSPS) is 46.3. The van der Waals surface area contributed by atoms with Crippen LogP contribution in [0.2, 0.25) is 6.32 Å². The summed E-state index contributed by atoms with van der Waals surface area (Å²) >= 11 is 0. The summed E-state index contributed by atoms with van der Waals surface area (Å²) in [6.07, 6.45) is -3.30. The van der Waals surface area contributed by atoms with Crippen LogP contribution in [0.25, 0.3) is 0 Å². The van der Waals surface area contributed by atoms with E-state index in [1.807, 2.05) is 0 Å². The fourth-order valence-corrected chi connectivity index (χ4v) is 1.43. The van der Waals surface area contributed by atoms with Gasteiger partial charge in [-0.05, 0) is 0 Å². The molecule has 74 valence electrons. The highest BCUT2D eigenvalue weighted by Gasteiger charge is 2.41. The number of nitrogens with two attached hydrogens (primary N) is 1. The van der Waals surface area contributed by atoms with Gasteiger partial charge in [0.25, 0.3) is 0 Å². The van der Waals surface area contributed by atoms with Gasteiger partial charge in [0.1, 0.15) is 12.2 Å². The molecule has 1 aliphatic heterocycles. The van der Waals surface area contributed by atoms with Crippen LogP contribution in [-0.4, -0.2) is 60.2 Å². The Morgan fingerprint density at radius 1 is 1.23 bits per heavy atom. The second-order valence-corrected chi connectivity index (χ2v) is 3.19. The summed E-state index contributed by atoms with van der Waals surface area (Å²) in [5.74, 6) is 0. The van der Waals surface area contributed by atoms with E-state index in [4.69, 9.17) is 23.4 Å². The molecule has 2 radical (unpaired) electrons. The van der Waals surface area contributed by atoms with E-state index < -0.39 is 30.5 Å². The molecule has 13 heavy (non-hydrogen) atoms. The van der Waals surface area contributed by atoms with Crippen molar-refractivity contribution in [2.45, 2.75) is 36.8 Å². The first-order chi connectivity index (χ1) is 6.11. The molecule has 0 aromatic heterocycles. The summed E-state index contributed by atoms with van der Waals surface area (Å²) in [5, 5.41) is 27.7. The smallest absolute Gasteiger partial charge is 0.108 e. The summed E-state index contributed by atoms with van der Waals surface area (Å²) in [4.78, 5) is 0. The molecule has 1 rings (SSSR count). The van der Waals surface area contributed by atoms with Crippen LogP contribution in [0.4, 0.5) is 0 Å². The second kappa shape index (κ2) is 4.39. The SMILES string of the molecule is [B]C[C@H]1OC(CO)[C@H](O)[C@H](N)C1O. The maximum absolute atomic E-state index is 9.45. The number of rotatable bonds is 2. The fourth-order valence-electron chi connectivity index (χ4n) is 1.43. The van der Waals surface area contributed by atoms with Gasteiger partial charge in [0.15, 0.2) is 0 Å². The minimum absolute atomic E-state index is 0.109. The zero-order chi connectivity index (χ0) is 10.0. The van der Waals surface area contributed by atoms with E-state index in [9.17, 15) is 10.2 Å². The molecule has 0 aliphatic carbocycles. The average molecular weight is 187 g/mol. The highest BCUT2D eigenvalue weighted by molar-refractivity contribution is 6.08. The highest BCUT2D eigenvalue weighted by Crippen LogP contribution is 2.21. The molecule has 0 bridgehead atoms. The van der Waals surface area contributed by atoms with Gasteiger partial charge in [0, 0.05) is 0 Å². The van der Waals surface area contributed by atoms with Crippen molar-refractivity contribution >= 4 is 7.85 Å². The van der Waals surface area contributed by atoms with Crippen LogP contribution in [0.3, 0.4) is 0 Å². The number of ether oxygens (including phenoxy) is 1. The van der Waals surface area contributed by atoms with Crippen LogP contribution < -0.4 is 5.73 Å². The minimum atomic E-state index is -1.05. The fraction of sp³-hybridized carbons (Fsp3) is 1.00. The zero-order valence-electron chi connectivity index (χ0n) is 7.21. The molecule has 1 fully saturated rings. The first-order valence-corrected chi connectivity index (χ1v) is 4.20. The Kier molecular flexibility index (Phi) is 3.69. The maximum Gasteiger partial charge on any atom is 0.108 e. The third-order valence-electron chi connectivity index (χ3n) is 2.31. The van der Waals surface area contributed by atoms with Gasteiger partial charge < -0.3 is 25.8 Å². The van der Waals surface area contributed by atoms with E-state index in [1.165, 1.54) is 0 Å². The Morgan fingerprint density at radius 3 is 2.23 bits per heavy atom. The van der Waals surface area contributed by atoms with E-state index in [0.29, 0.717) is 0 Å². The summed E-state index contributed by atoms with van der Waals surface area (Å²) in [6, 6.07) is -0.820. The molecule has 5 nitrogen and oxygen atoms in total. The summed E-state index contributed by atoms with van der Waals surface area (Å²) in [6.45, 7) is -0.335. The van der Waals surface area contributed by atoms with Crippen molar-refractivity contribution in [3.05, 3.63) is 0 Å². The zero-order valence-corrected chi connectivity index (χ0v) is 7.21. The van der Waals surface area contributed by atoms with Gasteiger partial charge in [-0.15, -0.1) is 0 Å². The molecule has 0 aromatic rings. The molecule has 5 N–H and O–H groups in total. The van der Waals surface area contributed by atoms with Crippen LogP contribution in [0, 0.1) is 0 Å². The third kappa shape index (κ3) is 2.03. The van der Waals surface area contributed by atoms with Crippen LogP contribution in [0.1, 0.15) is 0 Å². The lowest BCUT2D eigenvalue weighted by Crippen LogP contribution is -2.61. The molecule has 5 atom stereocenters. The van der Waals surface area contributed by atoms with Crippen molar-refractivity contribution < 1.29 is 20.1 Å². The Hall–Kier alpha value is -0.135. The minimum Gasteiger partial charge on any atom is -0.394 e. The topological polar surface area (TPSA) is 95.9 Å². The number of aliphatic hydroxyl groups excluding tert-OH is 3. The molecule has 0 spiro atoms. The van der Waals surface area contributed by atoms with Crippen LogP contribution in [0.15, 0.2) is 0 Å². The molecule has 2 unspecified atom stereocenters. The first-order valence-electron chi connectivity index (χ1n) is 4.20. The van der Waals surface area contributed by atoms with Crippen LogP contribution in [0.5, 0.6) is 0 Å². The van der Waals surface area contributed by atoms with Gasteiger partial charge >= 0.3 is 0 Å².